The summed E-state index contributed by atoms with van der Waals surface area (Å²) < 4.78 is 1.92. The van der Waals surface area contributed by atoms with Crippen LogP contribution in [0.3, 0.4) is 0 Å². The Bertz CT molecular complexity index is 537. The van der Waals surface area contributed by atoms with E-state index in [0.717, 1.165) is 16.5 Å². The van der Waals surface area contributed by atoms with Crippen molar-refractivity contribution >= 4 is 11.3 Å². The number of hydrogen-bond acceptors (Lipinski definition) is 5. The molecule has 0 aliphatic heterocycles. The summed E-state index contributed by atoms with van der Waals surface area (Å²) in [7, 11) is 1.95. The number of hydrogen-bond donors (Lipinski definition) is 1. The fourth-order valence-electron chi connectivity index (χ4n) is 1.63. The summed E-state index contributed by atoms with van der Waals surface area (Å²) in [5.41, 5.74) is 1.26. The lowest BCUT2D eigenvalue weighted by Crippen LogP contribution is -2.20. The molecule has 0 bridgehead atoms. The van der Waals surface area contributed by atoms with Crippen LogP contribution in [0.5, 0.6) is 0 Å². The van der Waals surface area contributed by atoms with Gasteiger partial charge in [-0.15, -0.1) is 21.5 Å². The third kappa shape index (κ3) is 3.39. The maximum absolute atomic E-state index is 4.72. The first kappa shape index (κ1) is 14.1. The number of rotatable bonds is 4. The van der Waals surface area contributed by atoms with E-state index >= 15 is 0 Å². The Morgan fingerprint density at radius 3 is 2.68 bits per heavy atom. The zero-order valence-electron chi connectivity index (χ0n) is 12.1. The molecule has 0 saturated carbocycles. The largest absolute Gasteiger partial charge is 0.320 e. The molecule has 0 aliphatic carbocycles. The van der Waals surface area contributed by atoms with E-state index in [9.17, 15) is 0 Å². The second-order valence-electron chi connectivity index (χ2n) is 5.78. The Balaban J connectivity index is 1.98. The number of nitrogens with zero attached hydrogens (tertiary/aromatic N) is 4. The molecule has 0 radical (unpaired) electrons. The van der Waals surface area contributed by atoms with Gasteiger partial charge in [-0.3, -0.25) is 0 Å². The van der Waals surface area contributed by atoms with E-state index in [0.29, 0.717) is 6.54 Å². The highest BCUT2D eigenvalue weighted by atomic mass is 32.1. The van der Waals surface area contributed by atoms with Crippen molar-refractivity contribution < 1.29 is 0 Å². The monoisotopic (exact) mass is 279 g/mol. The molecule has 0 fully saturated rings. The highest BCUT2D eigenvalue weighted by molar-refractivity contribution is 7.09. The predicted molar refractivity (Wildman–Crippen MR) is 77.1 cm³/mol. The van der Waals surface area contributed by atoms with Gasteiger partial charge in [0.1, 0.15) is 17.2 Å². The van der Waals surface area contributed by atoms with Crippen LogP contribution in [-0.4, -0.2) is 19.7 Å². The van der Waals surface area contributed by atoms with E-state index in [1.54, 1.807) is 17.7 Å². The van der Waals surface area contributed by atoms with Gasteiger partial charge in [0.25, 0.3) is 0 Å². The molecule has 0 aromatic carbocycles. The molecule has 2 rings (SSSR count). The van der Waals surface area contributed by atoms with Gasteiger partial charge in [-0.25, -0.2) is 4.98 Å². The second-order valence-corrected chi connectivity index (χ2v) is 6.67. The first-order valence-electron chi connectivity index (χ1n) is 6.40. The Morgan fingerprint density at radius 1 is 1.42 bits per heavy atom. The minimum absolute atomic E-state index is 0.109. The van der Waals surface area contributed by atoms with Crippen molar-refractivity contribution in [2.75, 3.05) is 0 Å². The van der Waals surface area contributed by atoms with Crippen LogP contribution < -0.4 is 5.32 Å². The molecule has 0 saturated heterocycles. The van der Waals surface area contributed by atoms with Crippen LogP contribution in [0, 0.1) is 0 Å². The highest BCUT2D eigenvalue weighted by Crippen LogP contribution is 2.26. The Labute approximate surface area is 118 Å². The van der Waals surface area contributed by atoms with Gasteiger partial charge in [-0.2, -0.15) is 0 Å². The summed E-state index contributed by atoms with van der Waals surface area (Å²) in [4.78, 5) is 4.72. The minimum Gasteiger partial charge on any atom is -0.320 e. The average Bonchev–Trinajstić information content (AvgIpc) is 2.93. The van der Waals surface area contributed by atoms with Gasteiger partial charge in [-0.1, -0.05) is 20.8 Å². The van der Waals surface area contributed by atoms with Crippen LogP contribution in [0.1, 0.15) is 50.3 Å². The topological polar surface area (TPSA) is 55.6 Å². The van der Waals surface area contributed by atoms with Gasteiger partial charge in [0.15, 0.2) is 0 Å². The van der Waals surface area contributed by atoms with Gasteiger partial charge in [0, 0.05) is 17.8 Å². The summed E-state index contributed by atoms with van der Waals surface area (Å²) in [5, 5.41) is 14.6. The van der Waals surface area contributed by atoms with Crippen LogP contribution in [0.4, 0.5) is 0 Å². The van der Waals surface area contributed by atoms with Gasteiger partial charge in [0.05, 0.1) is 18.3 Å². The molecule has 1 N–H and O–H groups in total. The van der Waals surface area contributed by atoms with Crippen LogP contribution in [0.25, 0.3) is 0 Å². The molecule has 19 heavy (non-hydrogen) atoms. The molecule has 2 aromatic rings. The zero-order chi connectivity index (χ0) is 14.0. The first-order valence-corrected chi connectivity index (χ1v) is 7.28. The van der Waals surface area contributed by atoms with Crippen LogP contribution >= 0.6 is 11.3 Å². The van der Waals surface area contributed by atoms with Gasteiger partial charge in [-0.05, 0) is 6.92 Å². The molecule has 5 nitrogen and oxygen atoms in total. The molecule has 2 aromatic heterocycles. The first-order chi connectivity index (χ1) is 8.88. The van der Waals surface area contributed by atoms with E-state index in [1.165, 1.54) is 0 Å². The highest BCUT2D eigenvalue weighted by Gasteiger charge is 2.19. The molecule has 6 heteroatoms. The summed E-state index contributed by atoms with van der Waals surface area (Å²) >= 11 is 1.71. The van der Waals surface area contributed by atoms with E-state index in [2.05, 4.69) is 48.6 Å². The molecule has 0 aliphatic rings. The van der Waals surface area contributed by atoms with E-state index in [1.807, 2.05) is 11.6 Å². The number of aromatic nitrogens is 4. The Kier molecular flexibility index (Phi) is 4.01. The Morgan fingerprint density at radius 2 is 2.16 bits per heavy atom. The van der Waals surface area contributed by atoms with E-state index < -0.39 is 0 Å². The summed E-state index contributed by atoms with van der Waals surface area (Å²) in [6, 6.07) is 0.220. The van der Waals surface area contributed by atoms with Gasteiger partial charge >= 0.3 is 0 Å². The van der Waals surface area contributed by atoms with Crippen molar-refractivity contribution in [2.24, 2.45) is 7.05 Å². The maximum Gasteiger partial charge on any atom is 0.146 e. The minimum atomic E-state index is 0.109. The Hall–Kier alpha value is -1.27. The van der Waals surface area contributed by atoms with Gasteiger partial charge in [0.2, 0.25) is 0 Å². The zero-order valence-corrected chi connectivity index (χ0v) is 13.0. The fraction of sp³-hybridized carbons (Fsp3) is 0.615. The molecule has 1 atom stereocenters. The van der Waals surface area contributed by atoms with Crippen molar-refractivity contribution in [1.29, 1.82) is 0 Å². The predicted octanol–water partition coefficient (Wildman–Crippen LogP) is 2.42. The van der Waals surface area contributed by atoms with Crippen LogP contribution in [0.2, 0.25) is 0 Å². The second kappa shape index (κ2) is 5.38. The molecule has 0 spiro atoms. The van der Waals surface area contributed by atoms with Crippen LogP contribution in [-0.2, 0) is 19.0 Å². The summed E-state index contributed by atoms with van der Waals surface area (Å²) in [5.74, 6) is 0.930. The summed E-state index contributed by atoms with van der Waals surface area (Å²) in [6.45, 7) is 9.38. The van der Waals surface area contributed by atoms with Crippen molar-refractivity contribution in [1.82, 2.24) is 25.1 Å². The quantitative estimate of drug-likeness (QED) is 0.934. The van der Waals surface area contributed by atoms with Crippen LogP contribution in [0.15, 0.2) is 11.7 Å². The van der Waals surface area contributed by atoms with E-state index in [4.69, 9.17) is 4.98 Å². The summed E-state index contributed by atoms with van der Waals surface area (Å²) in [6.07, 6.45) is 1.71. The van der Waals surface area contributed by atoms with Gasteiger partial charge < -0.3 is 9.88 Å². The molecule has 0 unspecified atom stereocenters. The molecular formula is C13H21N5S. The van der Waals surface area contributed by atoms with Crippen molar-refractivity contribution in [2.45, 2.75) is 45.7 Å². The lowest BCUT2D eigenvalue weighted by molar-refractivity contribution is 0.533. The third-order valence-electron chi connectivity index (χ3n) is 3.03. The number of aryl methyl sites for hydroxylation is 1. The standard InChI is InChI=1S/C13H21N5S/c1-9(14-6-11-17-15-8-18(11)5)12-16-10(7-19-12)13(2,3)4/h7-9,14H,6H2,1-5H3/t9-/m0/s1. The smallest absolute Gasteiger partial charge is 0.146 e. The number of nitrogens with one attached hydrogen (secondary N) is 1. The third-order valence-corrected chi connectivity index (χ3v) is 4.06. The molecule has 2 heterocycles. The lowest BCUT2D eigenvalue weighted by Gasteiger charge is -2.15. The normalized spacial score (nSPS) is 13.7. The maximum atomic E-state index is 4.72. The fourth-order valence-corrected chi connectivity index (χ4v) is 2.71. The average molecular weight is 279 g/mol. The SMILES string of the molecule is C[C@H](NCc1nncn1C)c1nc(C(C)(C)C)cs1. The van der Waals surface area contributed by atoms with Crippen molar-refractivity contribution in [3.05, 3.63) is 28.2 Å². The molecular weight excluding hydrogens is 258 g/mol. The molecule has 104 valence electrons. The molecule has 0 amide bonds. The number of thiazole rings is 1. The van der Waals surface area contributed by atoms with Crippen molar-refractivity contribution in [3.63, 3.8) is 0 Å². The van der Waals surface area contributed by atoms with Crippen molar-refractivity contribution in [3.8, 4) is 0 Å². The van der Waals surface area contributed by atoms with E-state index in [-0.39, 0.29) is 11.5 Å². The lowest BCUT2D eigenvalue weighted by atomic mass is 9.93.